The van der Waals surface area contributed by atoms with Crippen LogP contribution in [0.25, 0.3) is 0 Å². The largest absolute Gasteiger partial charge is 0.312 e. The summed E-state index contributed by atoms with van der Waals surface area (Å²) in [6, 6.07) is 0. The van der Waals surface area contributed by atoms with Gasteiger partial charge in [0.1, 0.15) is 5.82 Å². The summed E-state index contributed by atoms with van der Waals surface area (Å²) in [4.78, 5) is 9.56. The maximum absolute atomic E-state index is 4.82. The number of aromatic nitrogens is 2. The van der Waals surface area contributed by atoms with Gasteiger partial charge in [-0.25, -0.2) is 9.97 Å². The Hall–Kier alpha value is -0.960. The fraction of sp³-hybridized carbons (Fsp3) is 0.778. The van der Waals surface area contributed by atoms with Crippen molar-refractivity contribution in [2.45, 2.75) is 78.7 Å². The first kappa shape index (κ1) is 16.4. The third kappa shape index (κ3) is 4.77. The first-order valence-corrected chi connectivity index (χ1v) is 8.49. The van der Waals surface area contributed by atoms with E-state index in [2.05, 4.69) is 39.9 Å². The summed E-state index contributed by atoms with van der Waals surface area (Å²) in [5, 5.41) is 3.64. The van der Waals surface area contributed by atoms with Gasteiger partial charge in [0.05, 0.1) is 0 Å². The average molecular weight is 289 g/mol. The predicted molar refractivity (Wildman–Crippen MR) is 88.7 cm³/mol. The second-order valence-corrected chi connectivity index (χ2v) is 7.49. The molecule has 0 aromatic carbocycles. The molecule has 0 saturated heterocycles. The monoisotopic (exact) mass is 289 g/mol. The molecule has 1 aliphatic carbocycles. The first-order chi connectivity index (χ1) is 9.89. The Morgan fingerprint density at radius 1 is 1.24 bits per heavy atom. The van der Waals surface area contributed by atoms with Crippen LogP contribution in [0.1, 0.15) is 69.7 Å². The quantitative estimate of drug-likeness (QED) is 0.899. The van der Waals surface area contributed by atoms with Crippen LogP contribution >= 0.6 is 0 Å². The van der Waals surface area contributed by atoms with E-state index in [1.165, 1.54) is 36.2 Å². The Morgan fingerprint density at radius 2 is 2.00 bits per heavy atom. The van der Waals surface area contributed by atoms with E-state index < -0.39 is 0 Å². The molecule has 0 amide bonds. The maximum atomic E-state index is 4.82. The Morgan fingerprint density at radius 3 is 2.67 bits per heavy atom. The molecule has 0 spiro atoms. The van der Waals surface area contributed by atoms with E-state index in [0.29, 0.717) is 0 Å². The number of fused-ring (bicyclic) bond motifs is 1. The minimum absolute atomic E-state index is 0.204. The SMILES string of the molecule is CCCCc1nc(C)c2c(n1)CCC(CNC(C)(C)C)C2. The molecule has 0 radical (unpaired) electrons. The molecule has 3 nitrogen and oxygen atoms in total. The summed E-state index contributed by atoms with van der Waals surface area (Å²) < 4.78 is 0. The summed E-state index contributed by atoms with van der Waals surface area (Å²) in [6.07, 6.45) is 6.93. The van der Waals surface area contributed by atoms with Crippen LogP contribution in [0.3, 0.4) is 0 Å². The zero-order valence-corrected chi connectivity index (χ0v) is 14.4. The van der Waals surface area contributed by atoms with Crippen molar-refractivity contribution < 1.29 is 0 Å². The van der Waals surface area contributed by atoms with Crippen LogP contribution in [0.15, 0.2) is 0 Å². The van der Waals surface area contributed by atoms with Gasteiger partial charge in [0, 0.05) is 23.3 Å². The lowest BCUT2D eigenvalue weighted by molar-refractivity contribution is 0.346. The standard InChI is InChI=1S/C18H31N3/c1-6-7-8-17-20-13(2)15-11-14(9-10-16(15)21-17)12-19-18(3,4)5/h14,19H,6-12H2,1-5H3. The van der Waals surface area contributed by atoms with Gasteiger partial charge >= 0.3 is 0 Å². The first-order valence-electron chi connectivity index (χ1n) is 8.49. The van der Waals surface area contributed by atoms with Gasteiger partial charge in [-0.1, -0.05) is 13.3 Å². The lowest BCUT2D eigenvalue weighted by atomic mass is 9.85. The van der Waals surface area contributed by atoms with Crippen molar-refractivity contribution in [1.29, 1.82) is 0 Å². The van der Waals surface area contributed by atoms with E-state index in [9.17, 15) is 0 Å². The van der Waals surface area contributed by atoms with Gasteiger partial charge in [-0.05, 0) is 71.4 Å². The molecule has 2 rings (SSSR count). The van der Waals surface area contributed by atoms with Crippen LogP contribution in [0.4, 0.5) is 0 Å². The Balaban J connectivity index is 2.04. The van der Waals surface area contributed by atoms with E-state index >= 15 is 0 Å². The van der Waals surface area contributed by atoms with Crippen molar-refractivity contribution in [2.24, 2.45) is 5.92 Å². The molecule has 1 aromatic heterocycles. The normalized spacial score (nSPS) is 18.6. The molecule has 0 aliphatic heterocycles. The highest BCUT2D eigenvalue weighted by Gasteiger charge is 2.23. The number of unbranched alkanes of at least 4 members (excludes halogenated alkanes) is 1. The molecule has 1 unspecified atom stereocenters. The highest BCUT2D eigenvalue weighted by Crippen LogP contribution is 2.26. The van der Waals surface area contributed by atoms with Crippen molar-refractivity contribution in [1.82, 2.24) is 15.3 Å². The fourth-order valence-electron chi connectivity index (χ4n) is 2.99. The summed E-state index contributed by atoms with van der Waals surface area (Å²) in [5.74, 6) is 1.78. The summed E-state index contributed by atoms with van der Waals surface area (Å²) in [6.45, 7) is 12.2. The average Bonchev–Trinajstić information content (AvgIpc) is 2.42. The topological polar surface area (TPSA) is 37.8 Å². The van der Waals surface area contributed by atoms with Crippen LogP contribution in [-0.4, -0.2) is 22.1 Å². The highest BCUT2D eigenvalue weighted by molar-refractivity contribution is 5.28. The second-order valence-electron chi connectivity index (χ2n) is 7.49. The van der Waals surface area contributed by atoms with E-state index in [1.54, 1.807) is 0 Å². The van der Waals surface area contributed by atoms with Crippen LogP contribution in [0, 0.1) is 12.8 Å². The highest BCUT2D eigenvalue weighted by atomic mass is 14.9. The van der Waals surface area contributed by atoms with E-state index in [-0.39, 0.29) is 5.54 Å². The van der Waals surface area contributed by atoms with Crippen molar-refractivity contribution >= 4 is 0 Å². The van der Waals surface area contributed by atoms with Gasteiger partial charge in [-0.15, -0.1) is 0 Å². The van der Waals surface area contributed by atoms with Crippen molar-refractivity contribution in [2.75, 3.05) is 6.54 Å². The van der Waals surface area contributed by atoms with E-state index in [1.807, 2.05) is 0 Å². The van der Waals surface area contributed by atoms with Crippen molar-refractivity contribution in [3.05, 3.63) is 22.8 Å². The maximum Gasteiger partial charge on any atom is 0.128 e. The van der Waals surface area contributed by atoms with Gasteiger partial charge in [-0.3, -0.25) is 0 Å². The molecule has 118 valence electrons. The van der Waals surface area contributed by atoms with E-state index in [0.717, 1.165) is 37.5 Å². The van der Waals surface area contributed by atoms with Gasteiger partial charge in [-0.2, -0.15) is 0 Å². The number of aryl methyl sites for hydroxylation is 3. The molecule has 3 heteroatoms. The van der Waals surface area contributed by atoms with Gasteiger partial charge in [0.15, 0.2) is 0 Å². The number of nitrogens with zero attached hydrogens (tertiary/aromatic N) is 2. The van der Waals surface area contributed by atoms with Crippen molar-refractivity contribution in [3.63, 3.8) is 0 Å². The lowest BCUT2D eigenvalue weighted by Gasteiger charge is -2.29. The number of hydrogen-bond donors (Lipinski definition) is 1. The molecule has 0 fully saturated rings. The molecule has 1 heterocycles. The summed E-state index contributed by atoms with van der Waals surface area (Å²) in [5.41, 5.74) is 4.16. The minimum Gasteiger partial charge on any atom is -0.312 e. The van der Waals surface area contributed by atoms with E-state index in [4.69, 9.17) is 9.97 Å². The second kappa shape index (κ2) is 6.87. The van der Waals surface area contributed by atoms with Crippen molar-refractivity contribution in [3.8, 4) is 0 Å². The molecular weight excluding hydrogens is 258 g/mol. The zero-order chi connectivity index (χ0) is 15.5. The lowest BCUT2D eigenvalue weighted by Crippen LogP contribution is -2.40. The molecular formula is C18H31N3. The molecule has 1 atom stereocenters. The summed E-state index contributed by atoms with van der Waals surface area (Å²) in [7, 11) is 0. The van der Waals surface area contributed by atoms with Gasteiger partial charge < -0.3 is 5.32 Å². The summed E-state index contributed by atoms with van der Waals surface area (Å²) >= 11 is 0. The third-order valence-corrected chi connectivity index (χ3v) is 4.30. The Labute approximate surface area is 130 Å². The Bertz CT molecular complexity index is 474. The minimum atomic E-state index is 0.204. The number of nitrogens with one attached hydrogen (secondary N) is 1. The fourth-order valence-corrected chi connectivity index (χ4v) is 2.99. The number of rotatable bonds is 5. The van der Waals surface area contributed by atoms with Crippen LogP contribution in [0.5, 0.6) is 0 Å². The number of hydrogen-bond acceptors (Lipinski definition) is 3. The van der Waals surface area contributed by atoms with Crippen LogP contribution < -0.4 is 5.32 Å². The Kier molecular flexibility index (Phi) is 5.37. The van der Waals surface area contributed by atoms with Gasteiger partial charge in [0.2, 0.25) is 0 Å². The molecule has 1 aliphatic rings. The van der Waals surface area contributed by atoms with Crippen LogP contribution in [0.2, 0.25) is 0 Å². The molecule has 0 saturated carbocycles. The predicted octanol–water partition coefficient (Wildman–Crippen LogP) is 3.62. The third-order valence-electron chi connectivity index (χ3n) is 4.30. The smallest absolute Gasteiger partial charge is 0.128 e. The molecule has 21 heavy (non-hydrogen) atoms. The molecule has 1 aromatic rings. The molecule has 0 bridgehead atoms. The van der Waals surface area contributed by atoms with Gasteiger partial charge in [0.25, 0.3) is 0 Å². The van der Waals surface area contributed by atoms with Crippen LogP contribution in [-0.2, 0) is 19.3 Å². The zero-order valence-electron chi connectivity index (χ0n) is 14.4. The molecule has 1 N–H and O–H groups in total.